The third kappa shape index (κ3) is 8.55. The Morgan fingerprint density at radius 2 is 1.76 bits per heavy atom. The number of anilines is 3. The number of piperazine rings is 1. The first-order valence-corrected chi connectivity index (χ1v) is 13.6. The van der Waals surface area contributed by atoms with Gasteiger partial charge in [-0.15, -0.1) is 0 Å². The fraction of sp³-hybridized carbons (Fsp3) is 0.233. The molecule has 4 rings (SSSR count). The van der Waals surface area contributed by atoms with Gasteiger partial charge in [-0.25, -0.2) is 5.84 Å². The van der Waals surface area contributed by atoms with Crippen LogP contribution in [0, 0.1) is 0 Å². The smallest absolute Gasteiger partial charge is 0.247 e. The maximum atomic E-state index is 13.4. The van der Waals surface area contributed by atoms with Gasteiger partial charge in [-0.1, -0.05) is 41.9 Å². The largest absolute Gasteiger partial charge is 0.369 e. The number of hydrogen-bond donors (Lipinski definition) is 4. The number of hydrogen-bond acceptors (Lipinski definition) is 7. The number of hydrazine groups is 1. The van der Waals surface area contributed by atoms with Crippen LogP contribution < -0.4 is 32.2 Å². The summed E-state index contributed by atoms with van der Waals surface area (Å²) in [6.07, 6.45) is 4.45. The van der Waals surface area contributed by atoms with Crippen molar-refractivity contribution in [2.45, 2.75) is 12.5 Å². The van der Waals surface area contributed by atoms with Crippen LogP contribution in [0.4, 0.5) is 17.1 Å². The van der Waals surface area contributed by atoms with Crippen LogP contribution in [0.15, 0.2) is 84.0 Å². The Labute approximate surface area is 245 Å². The van der Waals surface area contributed by atoms with E-state index in [0.29, 0.717) is 28.4 Å². The van der Waals surface area contributed by atoms with Gasteiger partial charge in [0.2, 0.25) is 11.8 Å². The van der Waals surface area contributed by atoms with E-state index in [4.69, 9.17) is 23.3 Å². The molecule has 0 spiro atoms. The number of likely N-dealkylation sites (N-methyl/N-ethyl adjacent to an activating group) is 1. The summed E-state index contributed by atoms with van der Waals surface area (Å²) in [5.41, 5.74) is 3.79. The summed E-state index contributed by atoms with van der Waals surface area (Å²) in [6, 6.07) is 21.5. The lowest BCUT2D eigenvalue weighted by molar-refractivity contribution is -0.123. The van der Waals surface area contributed by atoms with Gasteiger partial charge >= 0.3 is 0 Å². The summed E-state index contributed by atoms with van der Waals surface area (Å²) in [5.74, 6) is 10.4. The maximum absolute atomic E-state index is 13.4. The molecule has 0 unspecified atom stereocenters. The lowest BCUT2D eigenvalue weighted by Gasteiger charge is -2.34. The summed E-state index contributed by atoms with van der Waals surface area (Å²) in [6.45, 7) is 3.95. The van der Waals surface area contributed by atoms with E-state index < -0.39 is 11.9 Å². The molecule has 10 nitrogen and oxygen atoms in total. The summed E-state index contributed by atoms with van der Waals surface area (Å²) >= 11 is 6.16. The number of amides is 2. The standard InChI is InChI=1S/C30H35ClN8O2/c1-37-15-17-38(18-16-37)26-11-9-25(10-12-26)35-30(41)27(19-22-5-3-2-4-6-22)36-29(40)14-7-23-20-24(31)8-13-28(23)39(33)21-34-32/h2-14,20-21,27H,15-19,32-33H2,1H3,(H,35,41)(H,36,40)/b14-7+,34-21-/t27-/m0/s1. The van der Waals surface area contributed by atoms with Crippen molar-refractivity contribution in [3.05, 3.63) is 95.0 Å². The predicted octanol–water partition coefficient (Wildman–Crippen LogP) is 3.05. The maximum Gasteiger partial charge on any atom is 0.247 e. The molecular weight excluding hydrogens is 540 g/mol. The molecule has 41 heavy (non-hydrogen) atoms. The lowest BCUT2D eigenvalue weighted by atomic mass is 10.0. The molecule has 0 aliphatic carbocycles. The summed E-state index contributed by atoms with van der Waals surface area (Å²) in [7, 11) is 2.12. The Kier molecular flexibility index (Phi) is 10.3. The van der Waals surface area contributed by atoms with Crippen molar-refractivity contribution in [3.63, 3.8) is 0 Å². The number of carbonyl (C=O) groups is 2. The number of hydrazone groups is 1. The Morgan fingerprint density at radius 3 is 2.44 bits per heavy atom. The summed E-state index contributed by atoms with van der Waals surface area (Å²) < 4.78 is 0. The molecule has 1 atom stereocenters. The van der Waals surface area contributed by atoms with Crippen molar-refractivity contribution in [1.82, 2.24) is 10.2 Å². The zero-order valence-corrected chi connectivity index (χ0v) is 23.7. The normalized spacial score (nSPS) is 14.8. The molecule has 3 aromatic carbocycles. The second kappa shape index (κ2) is 14.3. The van der Waals surface area contributed by atoms with Gasteiger partial charge in [0.1, 0.15) is 12.4 Å². The summed E-state index contributed by atoms with van der Waals surface area (Å²) in [5, 5.41) is 10.9. The topological polar surface area (TPSA) is 132 Å². The Bertz CT molecular complexity index is 1370. The molecule has 1 heterocycles. The van der Waals surface area contributed by atoms with Crippen LogP contribution in [0.2, 0.25) is 5.02 Å². The van der Waals surface area contributed by atoms with Gasteiger partial charge in [-0.3, -0.25) is 14.6 Å². The van der Waals surface area contributed by atoms with Crippen LogP contribution in [-0.4, -0.2) is 62.3 Å². The number of nitrogens with zero attached hydrogens (tertiary/aromatic N) is 4. The van der Waals surface area contributed by atoms with Gasteiger partial charge in [0.15, 0.2) is 0 Å². The van der Waals surface area contributed by atoms with Gasteiger partial charge < -0.3 is 26.3 Å². The zero-order valence-electron chi connectivity index (χ0n) is 22.9. The second-order valence-corrected chi connectivity index (χ2v) is 10.2. The van der Waals surface area contributed by atoms with Gasteiger partial charge in [0.25, 0.3) is 0 Å². The minimum atomic E-state index is -0.818. The van der Waals surface area contributed by atoms with Crippen molar-refractivity contribution < 1.29 is 9.59 Å². The number of nitrogens with two attached hydrogens (primary N) is 2. The van der Waals surface area contributed by atoms with Gasteiger partial charge in [0, 0.05) is 60.6 Å². The minimum absolute atomic E-state index is 0.317. The quantitative estimate of drug-likeness (QED) is 0.0962. The van der Waals surface area contributed by atoms with Crippen LogP contribution in [0.5, 0.6) is 0 Å². The molecule has 6 N–H and O–H groups in total. The first-order valence-electron chi connectivity index (χ1n) is 13.3. The molecule has 1 fully saturated rings. The highest BCUT2D eigenvalue weighted by Gasteiger charge is 2.21. The number of rotatable bonds is 10. The molecule has 2 amide bonds. The molecule has 0 aromatic heterocycles. The molecule has 0 radical (unpaired) electrons. The minimum Gasteiger partial charge on any atom is -0.369 e. The second-order valence-electron chi connectivity index (χ2n) is 9.79. The average molecular weight is 575 g/mol. The number of nitrogens with one attached hydrogen (secondary N) is 2. The highest BCUT2D eigenvalue weighted by molar-refractivity contribution is 6.30. The van der Waals surface area contributed by atoms with Crippen LogP contribution >= 0.6 is 11.6 Å². The van der Waals surface area contributed by atoms with Crippen molar-refractivity contribution >= 4 is 52.9 Å². The van der Waals surface area contributed by atoms with Crippen LogP contribution in [0.3, 0.4) is 0 Å². The van der Waals surface area contributed by atoms with E-state index in [9.17, 15) is 9.59 Å². The molecule has 1 aliphatic rings. The van der Waals surface area contributed by atoms with Crippen LogP contribution in [0.25, 0.3) is 6.08 Å². The Hall–Kier alpha value is -4.38. The highest BCUT2D eigenvalue weighted by Crippen LogP contribution is 2.24. The predicted molar refractivity (Wildman–Crippen MR) is 167 cm³/mol. The highest BCUT2D eigenvalue weighted by atomic mass is 35.5. The monoisotopic (exact) mass is 574 g/mol. The molecule has 3 aromatic rings. The third-order valence-electron chi connectivity index (χ3n) is 6.79. The molecule has 1 aliphatic heterocycles. The van der Waals surface area contributed by atoms with E-state index in [1.165, 1.54) is 17.4 Å². The molecule has 1 saturated heterocycles. The van der Waals surface area contributed by atoms with Crippen LogP contribution in [0.1, 0.15) is 11.1 Å². The number of benzene rings is 3. The molecule has 11 heteroatoms. The van der Waals surface area contributed by atoms with Crippen LogP contribution in [-0.2, 0) is 16.0 Å². The van der Waals surface area contributed by atoms with Gasteiger partial charge in [-0.2, -0.15) is 5.10 Å². The van der Waals surface area contributed by atoms with E-state index in [2.05, 4.69) is 32.6 Å². The van der Waals surface area contributed by atoms with Crippen molar-refractivity contribution in [3.8, 4) is 0 Å². The van der Waals surface area contributed by atoms with E-state index >= 15 is 0 Å². The number of halogens is 1. The number of carbonyl (C=O) groups excluding carboxylic acids is 2. The van der Waals surface area contributed by atoms with E-state index in [-0.39, 0.29) is 5.91 Å². The third-order valence-corrected chi connectivity index (χ3v) is 7.03. The van der Waals surface area contributed by atoms with Crippen molar-refractivity contribution in [1.29, 1.82) is 0 Å². The molecular formula is C30H35ClN8O2. The Morgan fingerprint density at radius 1 is 1.05 bits per heavy atom. The fourth-order valence-corrected chi connectivity index (χ4v) is 4.70. The molecule has 0 bridgehead atoms. The SMILES string of the molecule is CN1CCN(c2ccc(NC(=O)[C@H](Cc3ccccc3)NC(=O)/C=C/c3cc(Cl)ccc3N(N)/C=N\N)cc2)CC1. The first-order chi connectivity index (χ1) is 19.8. The molecule has 0 saturated carbocycles. The fourth-order valence-electron chi connectivity index (χ4n) is 4.52. The lowest BCUT2D eigenvalue weighted by Crippen LogP contribution is -2.45. The van der Waals surface area contributed by atoms with E-state index in [0.717, 1.165) is 37.4 Å². The zero-order chi connectivity index (χ0) is 29.2. The van der Waals surface area contributed by atoms with Gasteiger partial charge in [-0.05, 0) is 61.2 Å². The first kappa shape index (κ1) is 29.6. The average Bonchev–Trinajstić information content (AvgIpc) is 2.97. The van der Waals surface area contributed by atoms with Crippen molar-refractivity contribution in [2.75, 3.05) is 48.5 Å². The molecule has 214 valence electrons. The van der Waals surface area contributed by atoms with Gasteiger partial charge in [0.05, 0.1) is 5.69 Å². The summed E-state index contributed by atoms with van der Waals surface area (Å²) in [4.78, 5) is 31.0. The van der Waals surface area contributed by atoms with Crippen molar-refractivity contribution in [2.24, 2.45) is 16.8 Å². The Balaban J connectivity index is 1.46. The van der Waals surface area contributed by atoms with E-state index in [1.807, 2.05) is 54.6 Å². The van der Waals surface area contributed by atoms with E-state index in [1.54, 1.807) is 24.3 Å².